The van der Waals surface area contributed by atoms with E-state index in [1.54, 1.807) is 20.9 Å². The van der Waals surface area contributed by atoms with Crippen LogP contribution in [0.2, 0.25) is 5.02 Å². The molecule has 14 heteroatoms. The van der Waals surface area contributed by atoms with Gasteiger partial charge in [0.1, 0.15) is 5.69 Å². The number of benzene rings is 1. The molecule has 1 aliphatic heterocycles. The Bertz CT molecular complexity index is 1560. The maximum atomic E-state index is 13.9. The maximum Gasteiger partial charge on any atom is 0.417 e. The zero-order chi connectivity index (χ0) is 29.7. The number of fused-ring (bicyclic) bond motifs is 1. The van der Waals surface area contributed by atoms with Crippen LogP contribution < -0.4 is 16.2 Å². The van der Waals surface area contributed by atoms with Gasteiger partial charge in [0.15, 0.2) is 5.82 Å². The first-order valence-electron chi connectivity index (χ1n) is 12.5. The van der Waals surface area contributed by atoms with Crippen molar-refractivity contribution in [2.75, 3.05) is 12.4 Å². The topological polar surface area (TPSA) is 114 Å². The number of carbonyl (C=O) groups is 2. The second-order valence-electron chi connectivity index (χ2n) is 9.98. The van der Waals surface area contributed by atoms with Gasteiger partial charge >= 0.3 is 6.18 Å². The normalized spacial score (nSPS) is 15.3. The fraction of sp³-hybridized carbons (Fsp3) is 0.423. The van der Waals surface area contributed by atoms with Crippen molar-refractivity contribution in [2.45, 2.75) is 58.9 Å². The summed E-state index contributed by atoms with van der Waals surface area (Å²) in [6, 6.07) is 2.35. The minimum atomic E-state index is -4.72. The van der Waals surface area contributed by atoms with Crippen molar-refractivity contribution in [1.82, 2.24) is 29.5 Å². The van der Waals surface area contributed by atoms with Gasteiger partial charge in [-0.15, -0.1) is 0 Å². The average molecular weight is 580 g/mol. The van der Waals surface area contributed by atoms with E-state index in [2.05, 4.69) is 20.7 Å². The fourth-order valence-corrected chi connectivity index (χ4v) is 5.01. The van der Waals surface area contributed by atoms with E-state index in [-0.39, 0.29) is 47.9 Å². The van der Waals surface area contributed by atoms with Crippen molar-refractivity contribution in [3.8, 4) is 5.82 Å². The molecule has 0 saturated carbocycles. The molecule has 1 aliphatic rings. The van der Waals surface area contributed by atoms with Gasteiger partial charge in [-0.2, -0.15) is 18.3 Å². The third-order valence-corrected chi connectivity index (χ3v) is 7.05. The molecule has 3 heterocycles. The van der Waals surface area contributed by atoms with E-state index in [9.17, 15) is 27.6 Å². The predicted octanol–water partition coefficient (Wildman–Crippen LogP) is 3.71. The van der Waals surface area contributed by atoms with Crippen molar-refractivity contribution in [1.29, 1.82) is 0 Å². The molecule has 0 aliphatic carbocycles. The van der Waals surface area contributed by atoms with Gasteiger partial charge in [-0.05, 0) is 52.3 Å². The Kier molecular flexibility index (Phi) is 7.72. The number of anilines is 1. The summed E-state index contributed by atoms with van der Waals surface area (Å²) in [6.07, 6.45) is -4.61. The van der Waals surface area contributed by atoms with Crippen LogP contribution in [0.15, 0.2) is 23.0 Å². The molecule has 0 spiro atoms. The lowest BCUT2D eigenvalue weighted by molar-refractivity contribution is -0.137. The Morgan fingerprint density at radius 3 is 2.50 bits per heavy atom. The molecule has 1 atom stereocenters. The van der Waals surface area contributed by atoms with E-state index in [0.717, 1.165) is 12.1 Å². The minimum absolute atomic E-state index is 0.0904. The van der Waals surface area contributed by atoms with E-state index in [4.69, 9.17) is 11.6 Å². The monoisotopic (exact) mass is 579 g/mol. The van der Waals surface area contributed by atoms with Crippen LogP contribution in [0.3, 0.4) is 0 Å². The molecule has 0 fully saturated rings. The second kappa shape index (κ2) is 10.6. The smallest absolute Gasteiger partial charge is 0.354 e. The first-order valence-corrected chi connectivity index (χ1v) is 12.9. The molecule has 0 saturated heterocycles. The summed E-state index contributed by atoms with van der Waals surface area (Å²) in [5, 5.41) is 9.63. The average Bonchev–Trinajstić information content (AvgIpc) is 3.16. The van der Waals surface area contributed by atoms with Crippen LogP contribution in [0.5, 0.6) is 0 Å². The van der Waals surface area contributed by atoms with Crippen LogP contribution >= 0.6 is 11.6 Å². The predicted molar refractivity (Wildman–Crippen MR) is 143 cm³/mol. The Morgan fingerprint density at radius 1 is 1.23 bits per heavy atom. The summed E-state index contributed by atoms with van der Waals surface area (Å²) in [6.45, 7) is 7.01. The van der Waals surface area contributed by atoms with Crippen molar-refractivity contribution < 1.29 is 22.8 Å². The number of hydrogen-bond acceptors (Lipinski definition) is 6. The van der Waals surface area contributed by atoms with Crippen molar-refractivity contribution in [3.63, 3.8) is 0 Å². The molecule has 4 rings (SSSR count). The number of nitrogens with zero attached hydrogens (tertiary/aromatic N) is 5. The third-order valence-electron chi connectivity index (χ3n) is 6.72. The first-order chi connectivity index (χ1) is 18.6. The highest BCUT2D eigenvalue weighted by molar-refractivity contribution is 6.31. The molecule has 3 aromatic rings. The zero-order valence-electron chi connectivity index (χ0n) is 22.8. The lowest BCUT2D eigenvalue weighted by Gasteiger charge is -2.34. The van der Waals surface area contributed by atoms with E-state index in [1.165, 1.54) is 27.3 Å². The van der Waals surface area contributed by atoms with Crippen LogP contribution in [0.4, 0.5) is 19.1 Å². The largest absolute Gasteiger partial charge is 0.417 e. The molecule has 2 aromatic heterocycles. The molecule has 10 nitrogen and oxygen atoms in total. The zero-order valence-corrected chi connectivity index (χ0v) is 23.5. The number of hydrogen-bond donors (Lipinski definition) is 2. The van der Waals surface area contributed by atoms with Crippen LogP contribution in [0.25, 0.3) is 5.82 Å². The van der Waals surface area contributed by atoms with Crippen molar-refractivity contribution >= 4 is 29.4 Å². The quantitative estimate of drug-likeness (QED) is 0.476. The fourth-order valence-electron chi connectivity index (χ4n) is 4.79. The van der Waals surface area contributed by atoms with Gasteiger partial charge in [-0.3, -0.25) is 19.1 Å². The summed E-state index contributed by atoms with van der Waals surface area (Å²) in [4.78, 5) is 45.8. The van der Waals surface area contributed by atoms with Gasteiger partial charge in [0.05, 0.1) is 22.8 Å². The molecular weight excluding hydrogens is 551 g/mol. The van der Waals surface area contributed by atoms with E-state index >= 15 is 0 Å². The van der Waals surface area contributed by atoms with Gasteiger partial charge in [0.2, 0.25) is 5.95 Å². The highest BCUT2D eigenvalue weighted by Crippen LogP contribution is 2.36. The third kappa shape index (κ3) is 5.17. The van der Waals surface area contributed by atoms with Gasteiger partial charge in [0.25, 0.3) is 17.4 Å². The molecule has 0 radical (unpaired) electrons. The highest BCUT2D eigenvalue weighted by Gasteiger charge is 2.36. The first kappa shape index (κ1) is 29.1. The van der Waals surface area contributed by atoms with Crippen LogP contribution in [0, 0.1) is 6.92 Å². The lowest BCUT2D eigenvalue weighted by atomic mass is 9.98. The van der Waals surface area contributed by atoms with Crippen LogP contribution in [0.1, 0.15) is 64.0 Å². The summed E-state index contributed by atoms with van der Waals surface area (Å²) < 4.78 is 42.9. The molecule has 214 valence electrons. The molecule has 2 N–H and O–H groups in total. The van der Waals surface area contributed by atoms with Crippen molar-refractivity contribution in [2.24, 2.45) is 7.05 Å². The van der Waals surface area contributed by atoms with Gasteiger partial charge in [-0.1, -0.05) is 11.6 Å². The second-order valence-corrected chi connectivity index (χ2v) is 10.4. The Labute approximate surface area is 233 Å². The number of aromatic nitrogens is 4. The van der Waals surface area contributed by atoms with Gasteiger partial charge in [-0.25, -0.2) is 9.55 Å². The minimum Gasteiger partial charge on any atom is -0.354 e. The Hall–Kier alpha value is -3.87. The van der Waals surface area contributed by atoms with Gasteiger partial charge < -0.3 is 15.5 Å². The Morgan fingerprint density at radius 2 is 1.90 bits per heavy atom. The number of amides is 2. The summed E-state index contributed by atoms with van der Waals surface area (Å²) in [7, 11) is 3.09. The lowest BCUT2D eigenvalue weighted by Crippen LogP contribution is -2.46. The number of aryl methyl sites for hydroxylation is 1. The molecule has 0 bridgehead atoms. The van der Waals surface area contributed by atoms with Gasteiger partial charge in [0, 0.05) is 42.9 Å². The molecule has 1 aromatic carbocycles. The summed E-state index contributed by atoms with van der Waals surface area (Å²) >= 11 is 5.73. The highest BCUT2D eigenvalue weighted by atomic mass is 35.5. The SMILES string of the molecule is CNC(=O)c1c(C)c(-n2c(NC(C)C)nc3c(c2=O)C[C@@H](C)N(C(=O)c2ccc(Cl)c(C(F)(F)F)c2)C3)nn1C. The van der Waals surface area contributed by atoms with Crippen molar-refractivity contribution in [3.05, 3.63) is 67.2 Å². The Balaban J connectivity index is 1.81. The molecule has 0 unspecified atom stereocenters. The van der Waals surface area contributed by atoms with E-state index in [1.807, 2.05) is 13.8 Å². The standard InChI is InChI=1S/C26H29ClF3N7O3/c1-12(2)32-25-33-19-11-36(23(39)15-7-8-18(27)17(10-15)26(28,29)30)13(3)9-16(19)24(40)37(25)21-14(4)20(22(38)31-5)35(6)34-21/h7-8,10,12-13H,9,11H2,1-6H3,(H,31,38)(H,32,33)/t13-/m1/s1. The number of carbonyl (C=O) groups excluding carboxylic acids is 2. The molecule has 40 heavy (non-hydrogen) atoms. The van der Waals surface area contributed by atoms with E-state index in [0.29, 0.717) is 16.8 Å². The number of nitrogens with one attached hydrogen (secondary N) is 2. The maximum absolute atomic E-state index is 13.9. The molecule has 2 amide bonds. The van der Waals surface area contributed by atoms with Crippen LogP contribution in [-0.2, 0) is 26.2 Å². The van der Waals surface area contributed by atoms with Crippen LogP contribution in [-0.4, -0.2) is 55.2 Å². The summed E-state index contributed by atoms with van der Waals surface area (Å²) in [5.74, 6) is -0.608. The number of rotatable bonds is 5. The van der Waals surface area contributed by atoms with E-state index < -0.39 is 34.3 Å². The molecular formula is C26H29ClF3N7O3. The number of halogens is 4. The summed E-state index contributed by atoms with van der Waals surface area (Å²) in [5.41, 5.74) is -0.263. The number of alkyl halides is 3.